The van der Waals surface area contributed by atoms with Gasteiger partial charge in [-0.3, -0.25) is 14.9 Å². The first-order valence-electron chi connectivity index (χ1n) is 10.8. The number of fused-ring (bicyclic) bond motifs is 1. The van der Waals surface area contributed by atoms with E-state index in [1.54, 1.807) is 41.7 Å². The number of benzene rings is 3. The molecule has 7 nitrogen and oxygen atoms in total. The molecule has 1 amide bonds. The second-order valence-electron chi connectivity index (χ2n) is 7.76. The van der Waals surface area contributed by atoms with Crippen LogP contribution in [-0.4, -0.2) is 15.8 Å². The van der Waals surface area contributed by atoms with Crippen LogP contribution in [0.25, 0.3) is 38.2 Å². The summed E-state index contributed by atoms with van der Waals surface area (Å²) in [7, 11) is 0. The second kappa shape index (κ2) is 9.36. The Hall–Kier alpha value is -4.56. The number of anilines is 1. The van der Waals surface area contributed by atoms with Crippen molar-refractivity contribution < 1.29 is 14.1 Å². The number of nitrogens with one attached hydrogen (secondary N) is 1. The number of amides is 1. The zero-order valence-corrected chi connectivity index (χ0v) is 19.4. The first-order valence-corrected chi connectivity index (χ1v) is 11.6. The van der Waals surface area contributed by atoms with E-state index < -0.39 is 4.92 Å². The van der Waals surface area contributed by atoms with E-state index in [2.05, 4.69) is 5.32 Å². The molecule has 0 fully saturated rings. The lowest BCUT2D eigenvalue weighted by Gasteiger charge is -2.10. The molecule has 0 aliphatic rings. The maximum absolute atomic E-state index is 12.6. The number of para-hydroxylation sites is 2. The molecule has 35 heavy (non-hydrogen) atoms. The molecule has 8 heteroatoms. The average molecular weight is 482 g/mol. The van der Waals surface area contributed by atoms with Crippen LogP contribution in [0.4, 0.5) is 11.4 Å². The van der Waals surface area contributed by atoms with Gasteiger partial charge in [0.25, 0.3) is 5.69 Å². The van der Waals surface area contributed by atoms with Crippen molar-refractivity contribution in [1.82, 2.24) is 4.98 Å². The SMILES string of the molecule is Cc1c(NC(=O)C=Cc2ccc(-c3ccccc3[N+](=O)[O-])o2)cccc1-c1nc2ccccc2s1. The van der Waals surface area contributed by atoms with Crippen LogP contribution in [0.3, 0.4) is 0 Å². The summed E-state index contributed by atoms with van der Waals surface area (Å²) in [5, 5.41) is 15.1. The second-order valence-corrected chi connectivity index (χ2v) is 8.79. The molecule has 0 unspecified atom stereocenters. The van der Waals surface area contributed by atoms with Crippen LogP contribution in [0, 0.1) is 17.0 Å². The molecule has 0 spiro atoms. The Kier molecular flexibility index (Phi) is 5.95. The monoisotopic (exact) mass is 481 g/mol. The van der Waals surface area contributed by atoms with E-state index >= 15 is 0 Å². The topological polar surface area (TPSA) is 98.3 Å². The third kappa shape index (κ3) is 4.60. The van der Waals surface area contributed by atoms with E-state index in [9.17, 15) is 14.9 Å². The lowest BCUT2D eigenvalue weighted by Crippen LogP contribution is -2.09. The van der Waals surface area contributed by atoms with Crippen molar-refractivity contribution in [1.29, 1.82) is 0 Å². The Morgan fingerprint density at radius 3 is 2.60 bits per heavy atom. The van der Waals surface area contributed by atoms with Gasteiger partial charge in [-0.2, -0.15) is 0 Å². The smallest absolute Gasteiger partial charge is 0.280 e. The number of aromatic nitrogens is 1. The van der Waals surface area contributed by atoms with Gasteiger partial charge in [0.2, 0.25) is 5.91 Å². The summed E-state index contributed by atoms with van der Waals surface area (Å²) < 4.78 is 6.82. The fourth-order valence-electron chi connectivity index (χ4n) is 3.75. The fourth-order valence-corrected chi connectivity index (χ4v) is 4.80. The molecule has 0 saturated heterocycles. The fraction of sp³-hybridized carbons (Fsp3) is 0.0370. The van der Waals surface area contributed by atoms with Crippen molar-refractivity contribution in [2.45, 2.75) is 6.92 Å². The molecule has 5 aromatic rings. The molecule has 3 aromatic carbocycles. The summed E-state index contributed by atoms with van der Waals surface area (Å²) in [4.78, 5) is 28.1. The van der Waals surface area contributed by atoms with Crippen molar-refractivity contribution >= 4 is 44.9 Å². The van der Waals surface area contributed by atoms with Crippen molar-refractivity contribution in [3.63, 3.8) is 0 Å². The van der Waals surface area contributed by atoms with E-state index in [1.807, 2.05) is 49.4 Å². The maximum Gasteiger partial charge on any atom is 0.280 e. The Labute approximate surface area is 204 Å². The summed E-state index contributed by atoms with van der Waals surface area (Å²) >= 11 is 1.61. The molecule has 172 valence electrons. The molecule has 0 radical (unpaired) electrons. The van der Waals surface area contributed by atoms with E-state index in [-0.39, 0.29) is 11.6 Å². The highest BCUT2D eigenvalue weighted by atomic mass is 32.1. The first kappa shape index (κ1) is 22.2. The minimum absolute atomic E-state index is 0.0430. The van der Waals surface area contributed by atoms with Crippen LogP contribution in [-0.2, 0) is 4.79 Å². The molecular formula is C27H19N3O4S. The molecular weight excluding hydrogens is 462 g/mol. The number of nitro groups is 1. The standard InChI is InChI=1S/C27H19N3O4S/c1-17-19(27-29-22-9-3-5-12-25(22)35-27)8-6-10-21(17)28-26(31)16-14-18-13-15-24(34-18)20-7-2-4-11-23(20)30(32)33/h2-16H,1H3,(H,28,31). The summed E-state index contributed by atoms with van der Waals surface area (Å²) in [5.41, 5.74) is 3.86. The van der Waals surface area contributed by atoms with Gasteiger partial charge in [0.05, 0.1) is 20.7 Å². The summed E-state index contributed by atoms with van der Waals surface area (Å²) in [6.07, 6.45) is 2.89. The lowest BCUT2D eigenvalue weighted by atomic mass is 10.1. The van der Waals surface area contributed by atoms with E-state index in [0.29, 0.717) is 22.8 Å². The van der Waals surface area contributed by atoms with Gasteiger partial charge in [-0.15, -0.1) is 11.3 Å². The van der Waals surface area contributed by atoms with Crippen LogP contribution in [0.5, 0.6) is 0 Å². The number of rotatable bonds is 6. The number of carbonyl (C=O) groups excluding carboxylic acids is 1. The predicted octanol–water partition coefficient (Wildman–Crippen LogP) is 7.09. The minimum Gasteiger partial charge on any atom is -0.456 e. The third-order valence-corrected chi connectivity index (χ3v) is 6.58. The van der Waals surface area contributed by atoms with Crippen LogP contribution in [0.15, 0.2) is 89.4 Å². The average Bonchev–Trinajstić information content (AvgIpc) is 3.51. The Bertz CT molecular complexity index is 1570. The van der Waals surface area contributed by atoms with E-state index in [1.165, 1.54) is 18.2 Å². The predicted molar refractivity (Wildman–Crippen MR) is 138 cm³/mol. The van der Waals surface area contributed by atoms with Gasteiger partial charge >= 0.3 is 0 Å². The van der Waals surface area contributed by atoms with Crippen molar-refractivity contribution in [2.24, 2.45) is 0 Å². The highest BCUT2D eigenvalue weighted by molar-refractivity contribution is 7.21. The minimum atomic E-state index is -0.453. The normalized spacial score (nSPS) is 11.2. The summed E-state index contributed by atoms with van der Waals surface area (Å²) in [5.74, 6) is 0.447. The van der Waals surface area contributed by atoms with Gasteiger partial charge in [0, 0.05) is 23.4 Å². The number of nitro benzene ring substituents is 1. The molecule has 0 atom stereocenters. The lowest BCUT2D eigenvalue weighted by molar-refractivity contribution is -0.384. The van der Waals surface area contributed by atoms with Gasteiger partial charge in [0.1, 0.15) is 16.5 Å². The molecule has 0 aliphatic heterocycles. The van der Waals surface area contributed by atoms with Gasteiger partial charge in [-0.05, 0) is 55.0 Å². The maximum atomic E-state index is 12.6. The van der Waals surface area contributed by atoms with Crippen LogP contribution in [0.2, 0.25) is 0 Å². The van der Waals surface area contributed by atoms with Gasteiger partial charge in [0.15, 0.2) is 0 Å². The molecule has 0 saturated carbocycles. The van der Waals surface area contributed by atoms with Crippen LogP contribution in [0.1, 0.15) is 11.3 Å². The van der Waals surface area contributed by atoms with Crippen molar-refractivity contribution in [3.05, 3.63) is 106 Å². The van der Waals surface area contributed by atoms with Crippen molar-refractivity contribution in [3.8, 4) is 21.9 Å². The number of hydrogen-bond acceptors (Lipinski definition) is 6. The number of thiazole rings is 1. The van der Waals surface area contributed by atoms with Crippen molar-refractivity contribution in [2.75, 3.05) is 5.32 Å². The zero-order valence-electron chi connectivity index (χ0n) is 18.6. The molecule has 2 heterocycles. The summed E-state index contributed by atoms with van der Waals surface area (Å²) in [6, 6.07) is 23.4. The number of furan rings is 1. The number of nitrogens with zero attached hydrogens (tertiary/aromatic N) is 2. The highest BCUT2D eigenvalue weighted by Gasteiger charge is 2.17. The largest absolute Gasteiger partial charge is 0.456 e. The highest BCUT2D eigenvalue weighted by Crippen LogP contribution is 2.34. The quantitative estimate of drug-likeness (QED) is 0.159. The molecule has 0 aliphatic carbocycles. The van der Waals surface area contributed by atoms with E-state index in [4.69, 9.17) is 9.40 Å². The van der Waals surface area contributed by atoms with Crippen LogP contribution >= 0.6 is 11.3 Å². The zero-order chi connectivity index (χ0) is 24.4. The first-order chi connectivity index (χ1) is 17.0. The van der Waals surface area contributed by atoms with Gasteiger partial charge in [-0.1, -0.05) is 36.4 Å². The number of carbonyl (C=O) groups is 1. The molecule has 2 aromatic heterocycles. The Balaban J connectivity index is 1.33. The molecule has 5 rings (SSSR count). The summed E-state index contributed by atoms with van der Waals surface area (Å²) in [6.45, 7) is 1.95. The molecule has 0 bridgehead atoms. The number of hydrogen-bond donors (Lipinski definition) is 1. The van der Waals surface area contributed by atoms with Gasteiger partial charge in [-0.25, -0.2) is 4.98 Å². The van der Waals surface area contributed by atoms with E-state index in [0.717, 1.165) is 26.4 Å². The molecule has 1 N–H and O–H groups in total. The Morgan fingerprint density at radius 1 is 1.00 bits per heavy atom. The van der Waals surface area contributed by atoms with Crippen LogP contribution < -0.4 is 5.32 Å². The van der Waals surface area contributed by atoms with Gasteiger partial charge < -0.3 is 9.73 Å². The third-order valence-electron chi connectivity index (χ3n) is 5.51. The Morgan fingerprint density at radius 2 is 1.77 bits per heavy atom.